The molecule has 21 heavy (non-hydrogen) atoms. The first-order chi connectivity index (χ1) is 9.88. The number of nitrogens with two attached hydrogens (primary N) is 1. The van der Waals surface area contributed by atoms with Gasteiger partial charge < -0.3 is 10.5 Å². The predicted molar refractivity (Wildman–Crippen MR) is 75.8 cm³/mol. The van der Waals surface area contributed by atoms with Gasteiger partial charge in [-0.25, -0.2) is 4.39 Å². The fourth-order valence-corrected chi connectivity index (χ4v) is 1.91. The number of hydrogen-bond acceptors (Lipinski definition) is 4. The number of primary amides is 1. The van der Waals surface area contributed by atoms with Gasteiger partial charge in [-0.05, 0) is 30.3 Å². The number of nitrogens with zero attached hydrogens (tertiary/aromatic N) is 1. The van der Waals surface area contributed by atoms with Gasteiger partial charge in [0.15, 0.2) is 11.6 Å². The lowest BCUT2D eigenvalue weighted by Crippen LogP contribution is -2.11. The summed E-state index contributed by atoms with van der Waals surface area (Å²) < 4.78 is 19.4. The lowest BCUT2D eigenvalue weighted by Gasteiger charge is -2.08. The van der Waals surface area contributed by atoms with Gasteiger partial charge in [0.25, 0.3) is 0 Å². The SMILES string of the molecule is NC(=O)c1ccc(Oc2ccc(Br)cc2F)c([N+](=O)[O-])c1. The van der Waals surface area contributed by atoms with Gasteiger partial charge in [0.1, 0.15) is 0 Å². The first-order valence-corrected chi connectivity index (χ1v) is 6.39. The van der Waals surface area contributed by atoms with Crippen molar-refractivity contribution in [1.82, 2.24) is 0 Å². The van der Waals surface area contributed by atoms with Crippen LogP contribution in [0.2, 0.25) is 0 Å². The average Bonchev–Trinajstić information content (AvgIpc) is 2.41. The highest BCUT2D eigenvalue weighted by Crippen LogP contribution is 2.34. The van der Waals surface area contributed by atoms with Crippen molar-refractivity contribution < 1.29 is 18.8 Å². The second-order valence-electron chi connectivity index (χ2n) is 3.98. The summed E-state index contributed by atoms with van der Waals surface area (Å²) in [5.41, 5.74) is 4.54. The van der Waals surface area contributed by atoms with Crippen LogP contribution in [0, 0.1) is 15.9 Å². The third-order valence-corrected chi connectivity index (χ3v) is 3.05. The molecular formula is C13H8BrFN2O4. The summed E-state index contributed by atoms with van der Waals surface area (Å²) in [6, 6.07) is 7.46. The molecule has 0 heterocycles. The van der Waals surface area contributed by atoms with E-state index in [1.54, 1.807) is 0 Å². The van der Waals surface area contributed by atoms with Gasteiger partial charge in [-0.15, -0.1) is 0 Å². The Morgan fingerprint density at radius 1 is 1.24 bits per heavy atom. The fourth-order valence-electron chi connectivity index (χ4n) is 1.58. The average molecular weight is 355 g/mol. The zero-order valence-electron chi connectivity index (χ0n) is 10.4. The number of benzene rings is 2. The minimum absolute atomic E-state index is 0.0367. The fraction of sp³-hybridized carbons (Fsp3) is 0. The van der Waals surface area contributed by atoms with Gasteiger partial charge in [-0.3, -0.25) is 14.9 Å². The van der Waals surface area contributed by atoms with Crippen LogP contribution in [-0.4, -0.2) is 10.8 Å². The van der Waals surface area contributed by atoms with Gasteiger partial charge >= 0.3 is 5.69 Å². The summed E-state index contributed by atoms with van der Waals surface area (Å²) in [6.07, 6.45) is 0. The Kier molecular flexibility index (Phi) is 4.18. The molecule has 0 unspecified atom stereocenters. The van der Waals surface area contributed by atoms with Crippen LogP contribution >= 0.6 is 15.9 Å². The highest BCUT2D eigenvalue weighted by atomic mass is 79.9. The minimum Gasteiger partial charge on any atom is -0.447 e. The van der Waals surface area contributed by atoms with Gasteiger partial charge in [-0.2, -0.15) is 0 Å². The number of carbonyl (C=O) groups is 1. The third kappa shape index (κ3) is 3.34. The van der Waals surface area contributed by atoms with Gasteiger partial charge in [0, 0.05) is 16.1 Å². The molecule has 0 aromatic heterocycles. The molecule has 8 heteroatoms. The number of hydrogen-bond donors (Lipinski definition) is 1. The van der Waals surface area contributed by atoms with Crippen molar-refractivity contribution in [3.05, 3.63) is 62.4 Å². The molecule has 0 atom stereocenters. The Morgan fingerprint density at radius 3 is 2.48 bits per heavy atom. The van der Waals surface area contributed by atoms with E-state index in [0.717, 1.165) is 6.07 Å². The minimum atomic E-state index is -0.806. The van der Waals surface area contributed by atoms with Gasteiger partial charge in [-0.1, -0.05) is 15.9 Å². The van der Waals surface area contributed by atoms with Gasteiger partial charge in [0.05, 0.1) is 4.92 Å². The predicted octanol–water partition coefficient (Wildman–Crippen LogP) is 3.39. The second-order valence-corrected chi connectivity index (χ2v) is 4.90. The Labute approximate surface area is 126 Å². The Hall–Kier alpha value is -2.48. The molecule has 0 aliphatic carbocycles. The molecular weight excluding hydrogens is 347 g/mol. The second kappa shape index (κ2) is 5.88. The van der Waals surface area contributed by atoms with Crippen molar-refractivity contribution in [2.75, 3.05) is 0 Å². The van der Waals surface area contributed by atoms with Gasteiger partial charge in [0.2, 0.25) is 11.7 Å². The smallest absolute Gasteiger partial charge is 0.312 e. The molecule has 0 saturated carbocycles. The third-order valence-electron chi connectivity index (χ3n) is 2.55. The van der Waals surface area contributed by atoms with Crippen LogP contribution in [0.15, 0.2) is 40.9 Å². The zero-order chi connectivity index (χ0) is 15.6. The molecule has 0 spiro atoms. The van der Waals surface area contributed by atoms with E-state index in [1.165, 1.54) is 30.3 Å². The molecule has 0 aliphatic rings. The number of halogens is 2. The van der Waals surface area contributed by atoms with Crippen LogP contribution in [0.25, 0.3) is 0 Å². The van der Waals surface area contributed by atoms with Crippen molar-refractivity contribution >= 4 is 27.5 Å². The summed E-state index contributed by atoms with van der Waals surface area (Å²) in [5.74, 6) is -1.85. The molecule has 2 N–H and O–H groups in total. The van der Waals surface area contributed by atoms with Crippen molar-refractivity contribution in [2.24, 2.45) is 5.73 Å². The molecule has 1 amide bonds. The van der Waals surface area contributed by atoms with E-state index in [4.69, 9.17) is 10.5 Å². The summed E-state index contributed by atoms with van der Waals surface area (Å²) in [4.78, 5) is 21.3. The van der Waals surface area contributed by atoms with E-state index in [2.05, 4.69) is 15.9 Å². The van der Waals surface area contributed by atoms with Crippen molar-refractivity contribution in [3.8, 4) is 11.5 Å². The summed E-state index contributed by atoms with van der Waals surface area (Å²) in [7, 11) is 0. The molecule has 108 valence electrons. The van der Waals surface area contributed by atoms with Crippen LogP contribution < -0.4 is 10.5 Å². The van der Waals surface area contributed by atoms with E-state index in [9.17, 15) is 19.3 Å². The standard InChI is InChI=1S/C13H8BrFN2O4/c14-8-2-4-11(9(15)6-8)21-12-3-1-7(13(16)18)5-10(12)17(19)20/h1-6H,(H2,16,18). The number of amides is 1. The normalized spacial score (nSPS) is 10.2. The molecule has 2 rings (SSSR count). The van der Waals surface area contributed by atoms with Crippen LogP contribution in [0.3, 0.4) is 0 Å². The summed E-state index contributed by atoms with van der Waals surface area (Å²) in [5, 5.41) is 11.0. The van der Waals surface area contributed by atoms with E-state index in [0.29, 0.717) is 4.47 Å². The summed E-state index contributed by atoms with van der Waals surface area (Å²) >= 11 is 3.09. The quantitative estimate of drug-likeness (QED) is 0.672. The Morgan fingerprint density at radius 2 is 1.90 bits per heavy atom. The van der Waals surface area contributed by atoms with Crippen LogP contribution in [0.5, 0.6) is 11.5 Å². The Balaban J connectivity index is 2.44. The molecule has 0 bridgehead atoms. The molecule has 0 aliphatic heterocycles. The van der Waals surface area contributed by atoms with Crippen molar-refractivity contribution in [3.63, 3.8) is 0 Å². The maximum atomic E-state index is 13.7. The van der Waals surface area contributed by atoms with E-state index < -0.39 is 22.3 Å². The van der Waals surface area contributed by atoms with Crippen molar-refractivity contribution in [2.45, 2.75) is 0 Å². The van der Waals surface area contributed by atoms with Crippen LogP contribution in [0.1, 0.15) is 10.4 Å². The van der Waals surface area contributed by atoms with E-state index in [1.807, 2.05) is 0 Å². The van der Waals surface area contributed by atoms with Crippen LogP contribution in [-0.2, 0) is 0 Å². The molecule has 2 aromatic carbocycles. The zero-order valence-corrected chi connectivity index (χ0v) is 12.0. The van der Waals surface area contributed by atoms with Crippen LogP contribution in [0.4, 0.5) is 10.1 Å². The lowest BCUT2D eigenvalue weighted by molar-refractivity contribution is -0.385. The first kappa shape index (κ1) is 14.9. The number of nitro groups is 1. The molecule has 0 fully saturated rings. The molecule has 0 radical (unpaired) electrons. The first-order valence-electron chi connectivity index (χ1n) is 5.59. The highest BCUT2D eigenvalue weighted by Gasteiger charge is 2.19. The van der Waals surface area contributed by atoms with Crippen molar-refractivity contribution in [1.29, 1.82) is 0 Å². The number of rotatable bonds is 4. The van der Waals surface area contributed by atoms with E-state index in [-0.39, 0.29) is 17.1 Å². The highest BCUT2D eigenvalue weighted by molar-refractivity contribution is 9.10. The monoisotopic (exact) mass is 354 g/mol. The maximum Gasteiger partial charge on any atom is 0.312 e. The van der Waals surface area contributed by atoms with E-state index >= 15 is 0 Å². The number of carbonyl (C=O) groups excluding carboxylic acids is 1. The summed E-state index contributed by atoms with van der Waals surface area (Å²) in [6.45, 7) is 0. The molecule has 2 aromatic rings. The lowest BCUT2D eigenvalue weighted by atomic mass is 10.2. The maximum absolute atomic E-state index is 13.7. The Bertz CT molecular complexity index is 736. The molecule has 6 nitrogen and oxygen atoms in total. The topological polar surface area (TPSA) is 95.5 Å². The molecule has 0 saturated heterocycles. The number of ether oxygens (including phenoxy) is 1. The number of nitro benzene ring substituents is 1. The largest absolute Gasteiger partial charge is 0.447 e.